The zero-order valence-corrected chi connectivity index (χ0v) is 11.0. The van der Waals surface area contributed by atoms with E-state index in [1.807, 2.05) is 13.0 Å². The van der Waals surface area contributed by atoms with Crippen LogP contribution in [0.1, 0.15) is 22.4 Å². The Bertz CT molecular complexity index is 605. The second-order valence-electron chi connectivity index (χ2n) is 4.19. The van der Waals surface area contributed by atoms with Crippen molar-refractivity contribution >= 4 is 11.6 Å². The monoisotopic (exact) mass is 289 g/mol. The van der Waals surface area contributed by atoms with Crippen LogP contribution >= 0.6 is 11.6 Å². The van der Waals surface area contributed by atoms with Gasteiger partial charge in [-0.05, 0) is 25.5 Å². The van der Waals surface area contributed by atoms with Crippen molar-refractivity contribution in [1.29, 1.82) is 0 Å². The van der Waals surface area contributed by atoms with Crippen molar-refractivity contribution in [3.8, 4) is 5.82 Å². The maximum absolute atomic E-state index is 12.6. The molecule has 0 unspecified atom stereocenters. The summed E-state index contributed by atoms with van der Waals surface area (Å²) in [6, 6.07) is 1.83. The number of alkyl halides is 4. The molecule has 2 aromatic rings. The number of hydrogen-bond donors (Lipinski definition) is 0. The fourth-order valence-corrected chi connectivity index (χ4v) is 2.11. The highest BCUT2D eigenvalue weighted by atomic mass is 35.5. The molecule has 0 aliphatic rings. The molecule has 19 heavy (non-hydrogen) atoms. The molecule has 2 aromatic heterocycles. The topological polar surface area (TPSA) is 30.7 Å². The van der Waals surface area contributed by atoms with Gasteiger partial charge in [0.1, 0.15) is 0 Å². The molecule has 0 atom stereocenters. The second-order valence-corrected chi connectivity index (χ2v) is 4.45. The minimum Gasteiger partial charge on any atom is -0.234 e. The number of hydrogen-bond acceptors (Lipinski definition) is 2. The van der Waals surface area contributed by atoms with Gasteiger partial charge in [0.15, 0.2) is 5.82 Å². The van der Waals surface area contributed by atoms with E-state index in [0.29, 0.717) is 17.1 Å². The fraction of sp³-hybridized carbons (Fsp3) is 0.333. The maximum atomic E-state index is 12.6. The molecule has 0 aliphatic heterocycles. The first-order valence-electron chi connectivity index (χ1n) is 5.48. The summed E-state index contributed by atoms with van der Waals surface area (Å²) in [6.07, 6.45) is -2.73. The number of pyridine rings is 1. The van der Waals surface area contributed by atoms with Gasteiger partial charge in [-0.25, -0.2) is 9.67 Å². The molecule has 3 nitrogen and oxygen atoms in total. The van der Waals surface area contributed by atoms with Gasteiger partial charge in [-0.3, -0.25) is 0 Å². The van der Waals surface area contributed by atoms with E-state index in [0.717, 1.165) is 22.6 Å². The highest BCUT2D eigenvalue weighted by molar-refractivity contribution is 6.17. The van der Waals surface area contributed by atoms with Crippen LogP contribution in [0.2, 0.25) is 0 Å². The minimum atomic E-state index is -4.42. The van der Waals surface area contributed by atoms with Crippen LogP contribution in [-0.4, -0.2) is 14.8 Å². The van der Waals surface area contributed by atoms with Gasteiger partial charge in [0, 0.05) is 17.5 Å². The first-order chi connectivity index (χ1) is 8.82. The third kappa shape index (κ3) is 2.73. The Morgan fingerprint density at radius 3 is 2.53 bits per heavy atom. The average Bonchev–Trinajstić information content (AvgIpc) is 2.76. The number of rotatable bonds is 2. The number of aryl methyl sites for hydroxylation is 2. The molecule has 0 saturated carbocycles. The van der Waals surface area contributed by atoms with Crippen LogP contribution in [0.3, 0.4) is 0 Å². The van der Waals surface area contributed by atoms with Crippen molar-refractivity contribution in [1.82, 2.24) is 14.8 Å². The molecule has 0 amide bonds. The smallest absolute Gasteiger partial charge is 0.234 e. The summed E-state index contributed by atoms with van der Waals surface area (Å²) in [5.41, 5.74) is 1.44. The first kappa shape index (κ1) is 13.9. The Morgan fingerprint density at radius 2 is 2.00 bits per heavy atom. The van der Waals surface area contributed by atoms with Crippen LogP contribution in [0, 0.1) is 13.8 Å². The second kappa shape index (κ2) is 4.85. The van der Waals surface area contributed by atoms with E-state index in [-0.39, 0.29) is 5.88 Å². The van der Waals surface area contributed by atoms with Crippen molar-refractivity contribution in [2.24, 2.45) is 0 Å². The summed E-state index contributed by atoms with van der Waals surface area (Å²) in [6.45, 7) is 3.60. The predicted octanol–water partition coefficient (Wildman–Crippen LogP) is 3.64. The van der Waals surface area contributed by atoms with E-state index in [1.54, 1.807) is 6.92 Å². The SMILES string of the molecule is Cc1cc(C)c(CCl)c(-n2cc(C(F)(F)F)cn2)n1. The Balaban J connectivity index is 2.56. The van der Waals surface area contributed by atoms with Gasteiger partial charge < -0.3 is 0 Å². The summed E-state index contributed by atoms with van der Waals surface area (Å²) in [5.74, 6) is 0.498. The lowest BCUT2D eigenvalue weighted by Gasteiger charge is -2.10. The molecular weight excluding hydrogens is 279 g/mol. The Labute approximate surface area is 113 Å². The van der Waals surface area contributed by atoms with Gasteiger partial charge in [0.05, 0.1) is 17.6 Å². The van der Waals surface area contributed by atoms with Crippen molar-refractivity contribution in [3.05, 3.63) is 40.8 Å². The standard InChI is InChI=1S/C12H11ClF3N3/c1-7-3-8(2)18-11(10(7)4-13)19-6-9(5-17-19)12(14,15)16/h3,5-6H,4H2,1-2H3. The zero-order valence-electron chi connectivity index (χ0n) is 10.3. The molecule has 0 bridgehead atoms. The summed E-state index contributed by atoms with van der Waals surface area (Å²) >= 11 is 5.83. The van der Waals surface area contributed by atoms with Gasteiger partial charge in [-0.15, -0.1) is 11.6 Å². The highest BCUT2D eigenvalue weighted by Crippen LogP contribution is 2.29. The summed E-state index contributed by atoms with van der Waals surface area (Å²) in [4.78, 5) is 4.22. The van der Waals surface area contributed by atoms with Crippen LogP contribution in [0.25, 0.3) is 5.82 Å². The third-order valence-corrected chi connectivity index (χ3v) is 2.98. The molecule has 0 radical (unpaired) electrons. The molecule has 0 saturated heterocycles. The van der Waals surface area contributed by atoms with E-state index in [2.05, 4.69) is 10.1 Å². The molecular formula is C12H11ClF3N3. The lowest BCUT2D eigenvalue weighted by Crippen LogP contribution is -2.06. The normalized spacial score (nSPS) is 11.9. The zero-order chi connectivity index (χ0) is 14.2. The molecule has 102 valence electrons. The molecule has 0 aliphatic carbocycles. The Kier molecular flexibility index (Phi) is 3.54. The average molecular weight is 290 g/mol. The van der Waals surface area contributed by atoms with Gasteiger partial charge in [0.25, 0.3) is 0 Å². The summed E-state index contributed by atoms with van der Waals surface area (Å²) in [7, 11) is 0. The largest absolute Gasteiger partial charge is 0.419 e. The number of halogens is 4. The quantitative estimate of drug-likeness (QED) is 0.790. The number of nitrogens with zero attached hydrogens (tertiary/aromatic N) is 3. The molecule has 2 rings (SSSR count). The van der Waals surface area contributed by atoms with Crippen molar-refractivity contribution < 1.29 is 13.2 Å². The van der Waals surface area contributed by atoms with E-state index in [4.69, 9.17) is 11.6 Å². The van der Waals surface area contributed by atoms with Crippen molar-refractivity contribution in [2.45, 2.75) is 25.9 Å². The summed E-state index contributed by atoms with van der Waals surface area (Å²) < 4.78 is 38.8. The van der Waals surface area contributed by atoms with Crippen LogP contribution in [0.4, 0.5) is 13.2 Å². The van der Waals surface area contributed by atoms with Crippen LogP contribution in [0.5, 0.6) is 0 Å². The predicted molar refractivity (Wildman–Crippen MR) is 65.4 cm³/mol. The van der Waals surface area contributed by atoms with Crippen LogP contribution < -0.4 is 0 Å². The Morgan fingerprint density at radius 1 is 1.32 bits per heavy atom. The van der Waals surface area contributed by atoms with E-state index < -0.39 is 11.7 Å². The fourth-order valence-electron chi connectivity index (χ4n) is 1.78. The van der Waals surface area contributed by atoms with E-state index in [9.17, 15) is 13.2 Å². The molecule has 0 fully saturated rings. The highest BCUT2D eigenvalue weighted by Gasteiger charge is 2.32. The van der Waals surface area contributed by atoms with E-state index >= 15 is 0 Å². The van der Waals surface area contributed by atoms with Gasteiger partial charge in [0.2, 0.25) is 0 Å². The lowest BCUT2D eigenvalue weighted by molar-refractivity contribution is -0.137. The third-order valence-electron chi connectivity index (χ3n) is 2.71. The first-order valence-corrected chi connectivity index (χ1v) is 6.01. The molecule has 2 heterocycles. The molecule has 7 heteroatoms. The summed E-state index contributed by atoms with van der Waals surface area (Å²) in [5, 5.41) is 3.72. The molecule has 0 aromatic carbocycles. The van der Waals surface area contributed by atoms with Crippen molar-refractivity contribution in [3.63, 3.8) is 0 Å². The van der Waals surface area contributed by atoms with Gasteiger partial charge in [-0.1, -0.05) is 0 Å². The van der Waals surface area contributed by atoms with Crippen LogP contribution in [0.15, 0.2) is 18.5 Å². The molecule has 0 spiro atoms. The van der Waals surface area contributed by atoms with Gasteiger partial charge >= 0.3 is 6.18 Å². The lowest BCUT2D eigenvalue weighted by atomic mass is 10.1. The number of aromatic nitrogens is 3. The Hall–Kier alpha value is -1.56. The van der Waals surface area contributed by atoms with Gasteiger partial charge in [-0.2, -0.15) is 18.3 Å². The minimum absolute atomic E-state index is 0.162. The molecule has 0 N–H and O–H groups in total. The van der Waals surface area contributed by atoms with Crippen LogP contribution in [-0.2, 0) is 12.1 Å². The van der Waals surface area contributed by atoms with Crippen molar-refractivity contribution in [2.75, 3.05) is 0 Å². The van der Waals surface area contributed by atoms with E-state index in [1.165, 1.54) is 0 Å². The maximum Gasteiger partial charge on any atom is 0.419 e.